The van der Waals surface area contributed by atoms with Gasteiger partial charge in [-0.25, -0.2) is 0 Å². The fraction of sp³-hybridized carbons (Fsp3) is 0.647. The third-order valence-corrected chi connectivity index (χ3v) is 4.85. The molecule has 1 N–H and O–H groups in total. The highest BCUT2D eigenvalue weighted by Gasteiger charge is 2.46. The number of methoxy groups -OCH3 is 1. The van der Waals surface area contributed by atoms with Gasteiger partial charge in [0, 0.05) is 31.7 Å². The van der Waals surface area contributed by atoms with Crippen LogP contribution in [0.4, 0.5) is 0 Å². The molecule has 3 rings (SSSR count). The van der Waals surface area contributed by atoms with Crippen LogP contribution in [0.15, 0.2) is 18.2 Å². The molecule has 1 fully saturated rings. The predicted molar refractivity (Wildman–Crippen MR) is 85.5 cm³/mol. The van der Waals surface area contributed by atoms with Crippen LogP contribution >= 0.6 is 0 Å². The van der Waals surface area contributed by atoms with Crippen molar-refractivity contribution in [3.8, 4) is 11.5 Å². The topological polar surface area (TPSA) is 45.2 Å². The minimum absolute atomic E-state index is 0.0548. The zero-order valence-corrected chi connectivity index (χ0v) is 13.9. The zero-order valence-electron chi connectivity index (χ0n) is 13.9. The molecule has 2 atom stereocenters. The Hall–Kier alpha value is -1.30. The molecule has 0 saturated carbocycles. The van der Waals surface area contributed by atoms with E-state index in [0.717, 1.165) is 43.2 Å². The number of hydrogen-bond donors (Lipinski definition) is 1. The second-order valence-electron chi connectivity index (χ2n) is 6.84. The molecular formula is C17H26N2O3. The molecule has 2 heterocycles. The summed E-state index contributed by atoms with van der Waals surface area (Å²) in [6.45, 7) is 8.06. The number of benzene rings is 1. The van der Waals surface area contributed by atoms with Crippen molar-refractivity contribution < 1.29 is 14.6 Å². The first-order chi connectivity index (χ1) is 10.4. The minimum atomic E-state index is -0.572. The van der Waals surface area contributed by atoms with Gasteiger partial charge in [-0.05, 0) is 39.1 Å². The summed E-state index contributed by atoms with van der Waals surface area (Å²) in [6, 6.07) is 5.59. The van der Waals surface area contributed by atoms with Gasteiger partial charge in [0.15, 0.2) is 0 Å². The number of piperazine rings is 1. The predicted octanol–water partition coefficient (Wildman–Crippen LogP) is 1.52. The Morgan fingerprint density at radius 3 is 2.55 bits per heavy atom. The van der Waals surface area contributed by atoms with Crippen LogP contribution in [0.3, 0.4) is 0 Å². The number of likely N-dealkylation sites (N-methyl/N-ethyl adjacent to an activating group) is 1. The van der Waals surface area contributed by atoms with Crippen molar-refractivity contribution >= 4 is 0 Å². The van der Waals surface area contributed by atoms with Crippen molar-refractivity contribution in [1.82, 2.24) is 9.80 Å². The first-order valence-electron chi connectivity index (χ1n) is 7.90. The van der Waals surface area contributed by atoms with Gasteiger partial charge in [0.2, 0.25) is 0 Å². The van der Waals surface area contributed by atoms with Crippen LogP contribution in [-0.2, 0) is 0 Å². The SMILES string of the molecule is COc1ccc2c(c1)C(O)C(N1CCN(C)CC1)C(C)(C)O2. The van der Waals surface area contributed by atoms with Gasteiger partial charge in [0.1, 0.15) is 23.2 Å². The summed E-state index contributed by atoms with van der Waals surface area (Å²) in [5, 5.41) is 11.0. The second-order valence-corrected chi connectivity index (χ2v) is 6.84. The molecule has 1 aromatic carbocycles. The van der Waals surface area contributed by atoms with Gasteiger partial charge >= 0.3 is 0 Å². The Kier molecular flexibility index (Phi) is 4.05. The molecule has 0 bridgehead atoms. The van der Waals surface area contributed by atoms with E-state index < -0.39 is 11.7 Å². The summed E-state index contributed by atoms with van der Waals surface area (Å²) in [6.07, 6.45) is -0.572. The van der Waals surface area contributed by atoms with E-state index in [0.29, 0.717) is 0 Å². The van der Waals surface area contributed by atoms with Crippen molar-refractivity contribution in [2.24, 2.45) is 0 Å². The summed E-state index contributed by atoms with van der Waals surface area (Å²) in [7, 11) is 3.77. The standard InChI is InChI=1S/C17H26N2O3/c1-17(2)16(19-9-7-18(3)8-10-19)15(20)13-11-12(21-4)5-6-14(13)22-17/h5-6,11,15-16,20H,7-10H2,1-4H3. The van der Waals surface area contributed by atoms with Crippen molar-refractivity contribution in [3.05, 3.63) is 23.8 Å². The number of rotatable bonds is 2. The molecule has 5 heteroatoms. The van der Waals surface area contributed by atoms with Crippen LogP contribution in [0.5, 0.6) is 11.5 Å². The maximum atomic E-state index is 11.0. The van der Waals surface area contributed by atoms with Gasteiger partial charge in [0.25, 0.3) is 0 Å². The Bertz CT molecular complexity index is 539. The van der Waals surface area contributed by atoms with Gasteiger partial charge < -0.3 is 19.5 Å². The van der Waals surface area contributed by atoms with E-state index >= 15 is 0 Å². The second kappa shape index (κ2) is 5.72. The van der Waals surface area contributed by atoms with E-state index in [-0.39, 0.29) is 6.04 Å². The van der Waals surface area contributed by atoms with Gasteiger partial charge in [-0.15, -0.1) is 0 Å². The Morgan fingerprint density at radius 2 is 1.91 bits per heavy atom. The molecule has 2 aliphatic heterocycles. The summed E-state index contributed by atoms with van der Waals surface area (Å²) >= 11 is 0. The van der Waals surface area contributed by atoms with Crippen LogP contribution in [0.2, 0.25) is 0 Å². The maximum Gasteiger partial charge on any atom is 0.126 e. The molecule has 5 nitrogen and oxygen atoms in total. The highest BCUT2D eigenvalue weighted by molar-refractivity contribution is 5.44. The van der Waals surface area contributed by atoms with Crippen LogP contribution in [0, 0.1) is 0 Å². The summed E-state index contributed by atoms with van der Waals surface area (Å²) in [4.78, 5) is 4.67. The largest absolute Gasteiger partial charge is 0.497 e. The van der Waals surface area contributed by atoms with Crippen molar-refractivity contribution in [2.45, 2.75) is 31.6 Å². The van der Waals surface area contributed by atoms with Gasteiger partial charge in [-0.1, -0.05) is 0 Å². The average molecular weight is 306 g/mol. The third-order valence-electron chi connectivity index (χ3n) is 4.85. The third kappa shape index (κ3) is 2.69. The highest BCUT2D eigenvalue weighted by Crippen LogP contribution is 2.43. The Morgan fingerprint density at radius 1 is 1.23 bits per heavy atom. The van der Waals surface area contributed by atoms with E-state index in [9.17, 15) is 5.11 Å². The normalized spacial score (nSPS) is 28.8. The van der Waals surface area contributed by atoms with Gasteiger partial charge in [-0.3, -0.25) is 4.90 Å². The van der Waals surface area contributed by atoms with Crippen molar-refractivity contribution in [2.75, 3.05) is 40.3 Å². The number of nitrogens with zero attached hydrogens (tertiary/aromatic N) is 2. The molecule has 2 unspecified atom stereocenters. The van der Waals surface area contributed by atoms with E-state index in [1.54, 1.807) is 7.11 Å². The smallest absolute Gasteiger partial charge is 0.126 e. The van der Waals surface area contributed by atoms with E-state index in [2.05, 4.69) is 30.7 Å². The average Bonchev–Trinajstić information content (AvgIpc) is 2.48. The van der Waals surface area contributed by atoms with Crippen LogP contribution in [0.1, 0.15) is 25.5 Å². The zero-order chi connectivity index (χ0) is 15.9. The number of aliphatic hydroxyl groups is 1. The number of fused-ring (bicyclic) bond motifs is 1. The van der Waals surface area contributed by atoms with Crippen LogP contribution in [0.25, 0.3) is 0 Å². The molecule has 2 aliphatic rings. The summed E-state index contributed by atoms with van der Waals surface area (Å²) < 4.78 is 11.5. The molecule has 22 heavy (non-hydrogen) atoms. The lowest BCUT2D eigenvalue weighted by atomic mass is 9.84. The van der Waals surface area contributed by atoms with E-state index in [1.807, 2.05) is 18.2 Å². The number of ether oxygens (including phenoxy) is 2. The van der Waals surface area contributed by atoms with Gasteiger partial charge in [0.05, 0.1) is 13.2 Å². The van der Waals surface area contributed by atoms with Crippen molar-refractivity contribution in [3.63, 3.8) is 0 Å². The molecule has 122 valence electrons. The van der Waals surface area contributed by atoms with Crippen molar-refractivity contribution in [1.29, 1.82) is 0 Å². The molecule has 0 amide bonds. The Labute approximate surface area is 132 Å². The minimum Gasteiger partial charge on any atom is -0.497 e. The molecule has 0 radical (unpaired) electrons. The van der Waals surface area contributed by atoms with Crippen LogP contribution in [-0.4, -0.2) is 66.9 Å². The summed E-state index contributed by atoms with van der Waals surface area (Å²) in [5.41, 5.74) is 0.388. The quantitative estimate of drug-likeness (QED) is 0.897. The number of hydrogen-bond acceptors (Lipinski definition) is 5. The molecule has 1 saturated heterocycles. The molecular weight excluding hydrogens is 280 g/mol. The summed E-state index contributed by atoms with van der Waals surface area (Å²) in [5.74, 6) is 1.50. The van der Waals surface area contributed by atoms with E-state index in [4.69, 9.17) is 9.47 Å². The lowest BCUT2D eigenvalue weighted by Gasteiger charge is -2.50. The maximum absolute atomic E-state index is 11.0. The number of aliphatic hydroxyl groups excluding tert-OH is 1. The Balaban J connectivity index is 1.92. The fourth-order valence-corrected chi connectivity index (χ4v) is 3.61. The first-order valence-corrected chi connectivity index (χ1v) is 7.90. The lowest BCUT2D eigenvalue weighted by molar-refractivity contribution is -0.0919. The van der Waals surface area contributed by atoms with E-state index in [1.165, 1.54) is 0 Å². The molecule has 0 aromatic heterocycles. The molecule has 1 aromatic rings. The fourth-order valence-electron chi connectivity index (χ4n) is 3.61. The monoisotopic (exact) mass is 306 g/mol. The van der Waals surface area contributed by atoms with Crippen LogP contribution < -0.4 is 9.47 Å². The highest BCUT2D eigenvalue weighted by atomic mass is 16.5. The first kappa shape index (κ1) is 15.6. The molecule has 0 spiro atoms. The molecule has 0 aliphatic carbocycles. The van der Waals surface area contributed by atoms with Gasteiger partial charge in [-0.2, -0.15) is 0 Å². The lowest BCUT2D eigenvalue weighted by Crippen LogP contribution is -2.61.